The van der Waals surface area contributed by atoms with Crippen molar-refractivity contribution in [1.82, 2.24) is 10.2 Å². The highest BCUT2D eigenvalue weighted by Crippen LogP contribution is 2.27. The summed E-state index contributed by atoms with van der Waals surface area (Å²) < 4.78 is 5.59. The summed E-state index contributed by atoms with van der Waals surface area (Å²) in [4.78, 5) is 27.1. The zero-order valence-electron chi connectivity index (χ0n) is 16.3. The van der Waals surface area contributed by atoms with E-state index in [4.69, 9.17) is 39.5 Å². The third-order valence-corrected chi connectivity index (χ3v) is 5.18. The molecule has 8 heteroatoms. The molecule has 0 heterocycles. The number of nitrogens with zero attached hydrogens (tertiary/aromatic N) is 1. The SMILES string of the molecule is CCNC(=O)[C@@H](CC)N(Cc1ccccc1Cl)C(=O)COc1ccc(Cl)cc1Cl. The molecule has 0 radical (unpaired) electrons. The summed E-state index contributed by atoms with van der Waals surface area (Å²) in [5.74, 6) is -0.234. The average Bonchev–Trinajstić information content (AvgIpc) is 2.68. The Morgan fingerprint density at radius 1 is 1.07 bits per heavy atom. The number of halogens is 3. The van der Waals surface area contributed by atoms with Gasteiger partial charge >= 0.3 is 0 Å². The van der Waals surface area contributed by atoms with E-state index in [1.807, 2.05) is 32.0 Å². The summed E-state index contributed by atoms with van der Waals surface area (Å²) in [6, 6.07) is 11.3. The number of hydrogen-bond donors (Lipinski definition) is 1. The highest BCUT2D eigenvalue weighted by molar-refractivity contribution is 6.35. The summed E-state index contributed by atoms with van der Waals surface area (Å²) in [6.45, 7) is 4.06. The number of carbonyl (C=O) groups excluding carboxylic acids is 2. The lowest BCUT2D eigenvalue weighted by molar-refractivity contribution is -0.142. The second-order valence-corrected chi connectivity index (χ2v) is 7.55. The molecule has 2 amide bonds. The normalized spacial score (nSPS) is 11.6. The largest absolute Gasteiger partial charge is 0.482 e. The molecule has 0 saturated carbocycles. The minimum absolute atomic E-state index is 0.186. The molecule has 5 nitrogen and oxygen atoms in total. The molecule has 0 aromatic heterocycles. The van der Waals surface area contributed by atoms with Crippen molar-refractivity contribution in [3.8, 4) is 5.75 Å². The van der Waals surface area contributed by atoms with Gasteiger partial charge in [-0.15, -0.1) is 0 Å². The van der Waals surface area contributed by atoms with Crippen molar-refractivity contribution in [3.63, 3.8) is 0 Å². The fourth-order valence-electron chi connectivity index (χ4n) is 2.84. The van der Waals surface area contributed by atoms with Gasteiger partial charge in [0.15, 0.2) is 6.61 Å². The zero-order chi connectivity index (χ0) is 21.4. The molecule has 29 heavy (non-hydrogen) atoms. The molecule has 0 aliphatic carbocycles. The van der Waals surface area contributed by atoms with E-state index >= 15 is 0 Å². The number of likely N-dealkylation sites (N-methyl/N-ethyl adjacent to an activating group) is 1. The maximum atomic E-state index is 13.0. The second kappa shape index (κ2) is 11.3. The number of ether oxygens (including phenoxy) is 1. The highest BCUT2D eigenvalue weighted by atomic mass is 35.5. The van der Waals surface area contributed by atoms with E-state index in [-0.39, 0.29) is 25.0 Å². The lowest BCUT2D eigenvalue weighted by Gasteiger charge is -2.30. The van der Waals surface area contributed by atoms with Crippen molar-refractivity contribution >= 4 is 46.6 Å². The lowest BCUT2D eigenvalue weighted by Crippen LogP contribution is -2.50. The van der Waals surface area contributed by atoms with Crippen LogP contribution in [0.15, 0.2) is 42.5 Å². The quantitative estimate of drug-likeness (QED) is 0.578. The van der Waals surface area contributed by atoms with Crippen molar-refractivity contribution in [1.29, 1.82) is 0 Å². The molecule has 0 spiro atoms. The minimum atomic E-state index is -0.650. The molecule has 0 bridgehead atoms. The Labute approximate surface area is 185 Å². The van der Waals surface area contributed by atoms with E-state index in [1.165, 1.54) is 11.0 Å². The molecule has 0 saturated heterocycles. The summed E-state index contributed by atoms with van der Waals surface area (Å²) in [6.07, 6.45) is 0.448. The molecule has 0 aliphatic rings. The van der Waals surface area contributed by atoms with E-state index in [0.29, 0.717) is 33.8 Å². The van der Waals surface area contributed by atoms with Gasteiger partial charge in [-0.05, 0) is 43.2 Å². The number of rotatable bonds is 9. The fraction of sp³-hybridized carbons (Fsp3) is 0.333. The van der Waals surface area contributed by atoms with Crippen LogP contribution in [0.4, 0.5) is 0 Å². The van der Waals surface area contributed by atoms with Crippen molar-refractivity contribution in [3.05, 3.63) is 63.1 Å². The maximum absolute atomic E-state index is 13.0. The van der Waals surface area contributed by atoms with Crippen LogP contribution in [0.1, 0.15) is 25.8 Å². The molecule has 2 aromatic rings. The summed E-state index contributed by atoms with van der Waals surface area (Å²) >= 11 is 18.3. The number of benzene rings is 2. The Morgan fingerprint density at radius 2 is 1.79 bits per heavy atom. The average molecular weight is 458 g/mol. The first-order valence-electron chi connectivity index (χ1n) is 9.25. The van der Waals surface area contributed by atoms with Gasteiger partial charge in [0.05, 0.1) is 5.02 Å². The van der Waals surface area contributed by atoms with Crippen LogP contribution in [0.5, 0.6) is 5.75 Å². The first-order chi connectivity index (χ1) is 13.9. The topological polar surface area (TPSA) is 58.6 Å². The number of nitrogens with one attached hydrogen (secondary N) is 1. The number of amides is 2. The van der Waals surface area contributed by atoms with Crippen molar-refractivity contribution in [2.45, 2.75) is 32.9 Å². The Morgan fingerprint density at radius 3 is 2.41 bits per heavy atom. The highest BCUT2D eigenvalue weighted by Gasteiger charge is 2.29. The van der Waals surface area contributed by atoms with Crippen LogP contribution >= 0.6 is 34.8 Å². The Bertz CT molecular complexity index is 861. The first-order valence-corrected chi connectivity index (χ1v) is 10.4. The van der Waals surface area contributed by atoms with E-state index < -0.39 is 6.04 Å². The first kappa shape index (κ1) is 23.3. The van der Waals surface area contributed by atoms with Crippen molar-refractivity contribution in [2.24, 2.45) is 0 Å². The lowest BCUT2D eigenvalue weighted by atomic mass is 10.1. The van der Waals surface area contributed by atoms with Crippen LogP contribution < -0.4 is 10.1 Å². The van der Waals surface area contributed by atoms with Crippen molar-refractivity contribution < 1.29 is 14.3 Å². The zero-order valence-corrected chi connectivity index (χ0v) is 18.5. The molecule has 2 aromatic carbocycles. The predicted molar refractivity (Wildman–Crippen MR) is 117 cm³/mol. The van der Waals surface area contributed by atoms with Crippen LogP contribution in [0.2, 0.25) is 15.1 Å². The van der Waals surface area contributed by atoms with E-state index in [9.17, 15) is 9.59 Å². The Hall–Kier alpha value is -1.95. The number of hydrogen-bond acceptors (Lipinski definition) is 3. The molecular weight excluding hydrogens is 435 g/mol. The second-order valence-electron chi connectivity index (χ2n) is 6.30. The molecule has 0 unspecified atom stereocenters. The van der Waals surface area contributed by atoms with E-state index in [1.54, 1.807) is 18.2 Å². The maximum Gasteiger partial charge on any atom is 0.261 e. The van der Waals surface area contributed by atoms with Crippen LogP contribution in [0, 0.1) is 0 Å². The molecule has 1 N–H and O–H groups in total. The van der Waals surface area contributed by atoms with Gasteiger partial charge in [-0.3, -0.25) is 9.59 Å². The van der Waals surface area contributed by atoms with Gasteiger partial charge in [-0.2, -0.15) is 0 Å². The van der Waals surface area contributed by atoms with Gasteiger partial charge in [0.1, 0.15) is 11.8 Å². The summed E-state index contributed by atoms with van der Waals surface area (Å²) in [5.41, 5.74) is 0.745. The number of carbonyl (C=O) groups is 2. The third kappa shape index (κ3) is 6.53. The minimum Gasteiger partial charge on any atom is -0.482 e. The molecular formula is C21H23Cl3N2O3. The van der Waals surface area contributed by atoms with Gasteiger partial charge < -0.3 is 15.0 Å². The van der Waals surface area contributed by atoms with Gasteiger partial charge in [0, 0.05) is 23.1 Å². The fourth-order valence-corrected chi connectivity index (χ4v) is 3.49. The predicted octanol–water partition coefficient (Wildman–Crippen LogP) is 4.97. The standard InChI is InChI=1S/C21H23Cl3N2O3/c1-3-18(21(28)25-4-2)26(12-14-7-5-6-8-16(14)23)20(27)13-29-19-10-9-15(22)11-17(19)24/h5-11,18H,3-4,12-13H2,1-2H3,(H,25,28)/t18-/m1/s1. The van der Waals surface area contributed by atoms with Gasteiger partial charge in [-0.25, -0.2) is 0 Å². The van der Waals surface area contributed by atoms with Crippen LogP contribution in [-0.4, -0.2) is 35.9 Å². The van der Waals surface area contributed by atoms with Gasteiger partial charge in [0.2, 0.25) is 5.91 Å². The smallest absolute Gasteiger partial charge is 0.261 e. The molecule has 156 valence electrons. The summed E-state index contributed by atoms with van der Waals surface area (Å²) in [7, 11) is 0. The summed E-state index contributed by atoms with van der Waals surface area (Å²) in [5, 5.41) is 4.08. The van der Waals surface area contributed by atoms with Crippen LogP contribution in [0.3, 0.4) is 0 Å². The molecule has 2 rings (SSSR count). The monoisotopic (exact) mass is 456 g/mol. The van der Waals surface area contributed by atoms with Crippen LogP contribution in [-0.2, 0) is 16.1 Å². The van der Waals surface area contributed by atoms with Crippen molar-refractivity contribution in [2.75, 3.05) is 13.2 Å². The molecule has 1 atom stereocenters. The van der Waals surface area contributed by atoms with E-state index in [0.717, 1.165) is 5.56 Å². The van der Waals surface area contributed by atoms with Crippen LogP contribution in [0.25, 0.3) is 0 Å². The van der Waals surface area contributed by atoms with Gasteiger partial charge in [-0.1, -0.05) is 59.9 Å². The van der Waals surface area contributed by atoms with Gasteiger partial charge in [0.25, 0.3) is 5.91 Å². The Kier molecular flexibility index (Phi) is 9.08. The Balaban J connectivity index is 2.23. The third-order valence-electron chi connectivity index (χ3n) is 4.28. The van der Waals surface area contributed by atoms with E-state index in [2.05, 4.69) is 5.32 Å². The molecule has 0 fully saturated rings. The molecule has 0 aliphatic heterocycles.